The lowest BCUT2D eigenvalue weighted by Gasteiger charge is -2.37. The Morgan fingerprint density at radius 3 is 1.32 bits per heavy atom. The maximum absolute atomic E-state index is 12.6. The summed E-state index contributed by atoms with van der Waals surface area (Å²) in [5, 5.41) is 10.4. The predicted octanol–water partition coefficient (Wildman–Crippen LogP) is 4.89. The van der Waals surface area contributed by atoms with E-state index in [0.717, 1.165) is 52.7 Å². The number of carboxylic acid groups (broad SMARTS) is 1. The molecule has 0 saturated carbocycles. The molecule has 0 bridgehead atoms. The summed E-state index contributed by atoms with van der Waals surface area (Å²) in [7, 11) is 0. The molecule has 2 heteroatoms. The van der Waals surface area contributed by atoms with Gasteiger partial charge in [-0.05, 0) is 56.8 Å². The average molecular weight is 294 g/mol. The summed E-state index contributed by atoms with van der Waals surface area (Å²) < 4.78 is 0. The number of carbonyl (C=O) groups is 1. The van der Waals surface area contributed by atoms with Crippen LogP contribution in [0.2, 0.25) is 0 Å². The Hall–Kier alpha value is -2.09. The number of aliphatic carboxylic acids is 1. The van der Waals surface area contributed by atoms with Crippen LogP contribution in [-0.2, 0) is 4.79 Å². The van der Waals surface area contributed by atoms with Crippen molar-refractivity contribution in [2.45, 2.75) is 40.0 Å². The van der Waals surface area contributed by atoms with E-state index < -0.39 is 11.4 Å². The Bertz CT molecular complexity index is 632. The standard InChI is InChI=1S/C20H22O2/c1-13-7-4-10-16(13)20(19(21)22,17-11-5-8-14(17)2)18-12-6-9-15(18)3/h4-9H,10-12H2,1-3H3,(H,21,22). The molecule has 3 aliphatic rings. The van der Waals surface area contributed by atoms with E-state index in [9.17, 15) is 9.90 Å². The zero-order valence-electron chi connectivity index (χ0n) is 13.4. The number of hydrogen-bond acceptors (Lipinski definition) is 1. The third kappa shape index (κ3) is 1.90. The fourth-order valence-electron chi connectivity index (χ4n) is 4.13. The Kier molecular flexibility index (Phi) is 3.56. The van der Waals surface area contributed by atoms with Crippen molar-refractivity contribution >= 4 is 5.97 Å². The molecule has 0 radical (unpaired) electrons. The molecule has 114 valence electrons. The number of hydrogen-bond donors (Lipinski definition) is 1. The Balaban J connectivity index is 2.31. The van der Waals surface area contributed by atoms with Crippen LogP contribution in [0.5, 0.6) is 0 Å². The first-order chi connectivity index (χ1) is 10.5. The molecule has 0 amide bonds. The lowest BCUT2D eigenvalue weighted by Crippen LogP contribution is -2.38. The van der Waals surface area contributed by atoms with Gasteiger partial charge in [0.05, 0.1) is 0 Å². The highest BCUT2D eigenvalue weighted by molar-refractivity contribution is 5.90. The lowest BCUT2D eigenvalue weighted by molar-refractivity contribution is -0.143. The van der Waals surface area contributed by atoms with Gasteiger partial charge in [-0.2, -0.15) is 0 Å². The molecule has 1 N–H and O–H groups in total. The molecule has 0 aromatic carbocycles. The highest BCUT2D eigenvalue weighted by Gasteiger charge is 2.50. The molecule has 0 fully saturated rings. The first-order valence-corrected chi connectivity index (χ1v) is 7.83. The van der Waals surface area contributed by atoms with Crippen LogP contribution in [0.4, 0.5) is 0 Å². The molecule has 2 nitrogen and oxygen atoms in total. The average Bonchev–Trinajstić information content (AvgIpc) is 3.17. The van der Waals surface area contributed by atoms with E-state index in [-0.39, 0.29) is 0 Å². The van der Waals surface area contributed by atoms with Gasteiger partial charge >= 0.3 is 5.97 Å². The van der Waals surface area contributed by atoms with Crippen LogP contribution in [0, 0.1) is 5.41 Å². The summed E-state index contributed by atoms with van der Waals surface area (Å²) in [6, 6.07) is 0. The van der Waals surface area contributed by atoms with Gasteiger partial charge < -0.3 is 5.11 Å². The van der Waals surface area contributed by atoms with Gasteiger partial charge in [-0.15, -0.1) is 0 Å². The summed E-state index contributed by atoms with van der Waals surface area (Å²) in [4.78, 5) is 12.6. The lowest BCUT2D eigenvalue weighted by atomic mass is 9.64. The molecule has 0 aromatic heterocycles. The van der Waals surface area contributed by atoms with Gasteiger partial charge in [-0.25, -0.2) is 0 Å². The summed E-state index contributed by atoms with van der Waals surface area (Å²) in [5.74, 6) is -0.735. The van der Waals surface area contributed by atoms with E-state index in [0.29, 0.717) is 0 Å². The van der Waals surface area contributed by atoms with E-state index in [4.69, 9.17) is 0 Å². The first-order valence-electron chi connectivity index (χ1n) is 7.83. The third-order valence-electron chi connectivity index (χ3n) is 5.18. The van der Waals surface area contributed by atoms with Gasteiger partial charge in [-0.3, -0.25) is 4.79 Å². The molecule has 0 unspecified atom stereocenters. The van der Waals surface area contributed by atoms with Crippen molar-refractivity contribution in [3.05, 3.63) is 69.9 Å². The van der Waals surface area contributed by atoms with Gasteiger partial charge in [0.1, 0.15) is 5.41 Å². The number of rotatable bonds is 4. The molecule has 3 aliphatic carbocycles. The number of allylic oxidation sites excluding steroid dienone is 9. The van der Waals surface area contributed by atoms with Gasteiger partial charge in [0.2, 0.25) is 0 Å². The van der Waals surface area contributed by atoms with E-state index in [1.807, 2.05) is 20.8 Å². The van der Waals surface area contributed by atoms with Crippen LogP contribution in [0.15, 0.2) is 69.9 Å². The van der Waals surface area contributed by atoms with E-state index in [2.05, 4.69) is 36.5 Å². The minimum atomic E-state index is -0.977. The minimum Gasteiger partial charge on any atom is -0.480 e. The maximum Gasteiger partial charge on any atom is 0.322 e. The van der Waals surface area contributed by atoms with Crippen LogP contribution < -0.4 is 0 Å². The molecule has 0 atom stereocenters. The molecule has 0 spiro atoms. The Morgan fingerprint density at radius 2 is 1.14 bits per heavy atom. The van der Waals surface area contributed by atoms with Gasteiger partial charge in [-0.1, -0.05) is 53.2 Å². The van der Waals surface area contributed by atoms with E-state index in [1.54, 1.807) is 0 Å². The molecule has 0 aliphatic heterocycles. The molecule has 0 saturated heterocycles. The topological polar surface area (TPSA) is 37.3 Å². The van der Waals surface area contributed by atoms with Crippen LogP contribution in [0.1, 0.15) is 40.0 Å². The third-order valence-corrected chi connectivity index (χ3v) is 5.18. The molecular formula is C20H22O2. The highest BCUT2D eigenvalue weighted by atomic mass is 16.4. The summed E-state index contributed by atoms with van der Waals surface area (Å²) in [5.41, 5.74) is 5.43. The first kappa shape index (κ1) is 14.8. The SMILES string of the molecule is CC1=C(C(C(=O)O)(C2=C(C)C=CC2)C2=C(C)C=CC2)CC=C1. The number of carboxylic acids is 1. The van der Waals surface area contributed by atoms with E-state index >= 15 is 0 Å². The summed E-state index contributed by atoms with van der Waals surface area (Å²) >= 11 is 0. The minimum absolute atomic E-state index is 0.728. The van der Waals surface area contributed by atoms with Crippen molar-refractivity contribution in [2.75, 3.05) is 0 Å². The fourth-order valence-corrected chi connectivity index (χ4v) is 4.13. The van der Waals surface area contributed by atoms with Crippen LogP contribution in [0.25, 0.3) is 0 Å². The quantitative estimate of drug-likeness (QED) is 0.801. The summed E-state index contributed by atoms with van der Waals surface area (Å²) in [6.45, 7) is 6.10. The smallest absolute Gasteiger partial charge is 0.322 e. The van der Waals surface area contributed by atoms with Gasteiger partial charge in [0.25, 0.3) is 0 Å². The normalized spacial score (nSPS) is 21.0. The van der Waals surface area contributed by atoms with Crippen molar-refractivity contribution < 1.29 is 9.90 Å². The molecule has 0 aromatic rings. The summed E-state index contributed by atoms with van der Waals surface area (Å²) in [6.07, 6.45) is 14.6. The zero-order valence-corrected chi connectivity index (χ0v) is 13.4. The Morgan fingerprint density at radius 1 is 0.818 bits per heavy atom. The van der Waals surface area contributed by atoms with Crippen molar-refractivity contribution in [3.63, 3.8) is 0 Å². The van der Waals surface area contributed by atoms with E-state index in [1.165, 1.54) is 0 Å². The molecular weight excluding hydrogens is 272 g/mol. The predicted molar refractivity (Wildman–Crippen MR) is 89.4 cm³/mol. The molecule has 0 heterocycles. The maximum atomic E-state index is 12.6. The second-order valence-electron chi connectivity index (χ2n) is 6.36. The second kappa shape index (κ2) is 5.28. The zero-order chi connectivity index (χ0) is 15.9. The van der Waals surface area contributed by atoms with Crippen molar-refractivity contribution in [3.8, 4) is 0 Å². The molecule has 22 heavy (non-hydrogen) atoms. The van der Waals surface area contributed by atoms with Gasteiger partial charge in [0, 0.05) is 0 Å². The van der Waals surface area contributed by atoms with Crippen molar-refractivity contribution in [1.82, 2.24) is 0 Å². The van der Waals surface area contributed by atoms with Gasteiger partial charge in [0.15, 0.2) is 0 Å². The van der Waals surface area contributed by atoms with Crippen molar-refractivity contribution in [2.24, 2.45) is 5.41 Å². The highest BCUT2D eigenvalue weighted by Crippen LogP contribution is 2.54. The van der Waals surface area contributed by atoms with Crippen LogP contribution in [-0.4, -0.2) is 11.1 Å². The van der Waals surface area contributed by atoms with Crippen molar-refractivity contribution in [1.29, 1.82) is 0 Å². The monoisotopic (exact) mass is 294 g/mol. The fraction of sp³-hybridized carbons (Fsp3) is 0.350. The molecule has 3 rings (SSSR count). The largest absolute Gasteiger partial charge is 0.480 e. The van der Waals surface area contributed by atoms with Crippen LogP contribution >= 0.6 is 0 Å². The van der Waals surface area contributed by atoms with Crippen LogP contribution in [0.3, 0.4) is 0 Å². The second-order valence-corrected chi connectivity index (χ2v) is 6.36. The Labute approximate surface area is 131 Å².